The molecule has 0 heterocycles. The number of carbonyl (C=O) groups excluding carboxylic acids is 1. The summed E-state index contributed by atoms with van der Waals surface area (Å²) in [4.78, 5) is 23.7. The molecular weight excluding hydrogens is 326 g/mol. The molecule has 0 radical (unpaired) electrons. The van der Waals surface area contributed by atoms with E-state index in [-0.39, 0.29) is 22.8 Å². The van der Waals surface area contributed by atoms with Gasteiger partial charge in [0.05, 0.1) is 11.3 Å². The molecule has 0 bridgehead atoms. The van der Waals surface area contributed by atoms with E-state index in [0.29, 0.717) is 10.5 Å². The van der Waals surface area contributed by atoms with Crippen LogP contribution in [0.1, 0.15) is 20.7 Å². The number of carbonyl (C=O) groups is 2. The largest absolute Gasteiger partial charge is 0.478 e. The van der Waals surface area contributed by atoms with Crippen LogP contribution < -0.4 is 4.74 Å². The van der Waals surface area contributed by atoms with Gasteiger partial charge in [0, 0.05) is 10.5 Å². The van der Waals surface area contributed by atoms with Crippen molar-refractivity contribution < 1.29 is 28.2 Å². The smallest absolute Gasteiger partial charge is 0.387 e. The number of rotatable bonds is 7. The van der Waals surface area contributed by atoms with Gasteiger partial charge in [-0.2, -0.15) is 8.78 Å². The van der Waals surface area contributed by atoms with E-state index in [1.54, 1.807) is 18.2 Å². The zero-order chi connectivity index (χ0) is 16.8. The van der Waals surface area contributed by atoms with E-state index < -0.39 is 12.6 Å². The molecule has 2 aromatic rings. The lowest BCUT2D eigenvalue weighted by atomic mass is 10.1. The molecule has 0 unspecified atom stereocenters. The third kappa shape index (κ3) is 4.79. The standard InChI is InChI=1S/C16H12F2O4S/c17-16(18)22-11-7-5-10(6-8-11)13(19)9-23-14-4-2-1-3-12(14)15(20)21/h1-8,16H,9H2,(H,20,21). The van der Waals surface area contributed by atoms with Gasteiger partial charge in [0.1, 0.15) is 5.75 Å². The summed E-state index contributed by atoms with van der Waals surface area (Å²) in [6, 6.07) is 11.7. The van der Waals surface area contributed by atoms with E-state index in [9.17, 15) is 18.4 Å². The van der Waals surface area contributed by atoms with Crippen molar-refractivity contribution in [2.75, 3.05) is 5.75 Å². The van der Waals surface area contributed by atoms with Gasteiger partial charge in [0.2, 0.25) is 0 Å². The van der Waals surface area contributed by atoms with E-state index in [2.05, 4.69) is 4.74 Å². The first-order chi connectivity index (χ1) is 11.0. The summed E-state index contributed by atoms with van der Waals surface area (Å²) in [6.45, 7) is -2.92. The lowest BCUT2D eigenvalue weighted by molar-refractivity contribution is -0.0498. The van der Waals surface area contributed by atoms with Gasteiger partial charge >= 0.3 is 12.6 Å². The quantitative estimate of drug-likeness (QED) is 0.611. The van der Waals surface area contributed by atoms with E-state index >= 15 is 0 Å². The molecule has 0 amide bonds. The SMILES string of the molecule is O=C(CSc1ccccc1C(=O)O)c1ccc(OC(F)F)cc1. The van der Waals surface area contributed by atoms with Crippen LogP contribution in [0.2, 0.25) is 0 Å². The first-order valence-electron chi connectivity index (χ1n) is 6.50. The van der Waals surface area contributed by atoms with Crippen LogP contribution in [0.5, 0.6) is 5.75 Å². The number of aromatic carboxylic acids is 1. The Bertz CT molecular complexity index is 701. The monoisotopic (exact) mass is 338 g/mol. The topological polar surface area (TPSA) is 63.6 Å². The van der Waals surface area contributed by atoms with Crippen molar-refractivity contribution in [3.8, 4) is 5.75 Å². The normalized spacial score (nSPS) is 10.6. The summed E-state index contributed by atoms with van der Waals surface area (Å²) in [6.07, 6.45) is 0. The first-order valence-corrected chi connectivity index (χ1v) is 7.49. The van der Waals surface area contributed by atoms with Gasteiger partial charge in [-0.1, -0.05) is 12.1 Å². The molecule has 0 aliphatic heterocycles. The van der Waals surface area contributed by atoms with Crippen LogP contribution in [0.4, 0.5) is 8.78 Å². The molecular formula is C16H12F2O4S. The van der Waals surface area contributed by atoms with E-state index in [4.69, 9.17) is 5.11 Å². The number of Topliss-reactive ketones (excluding diaryl/α,β-unsaturated/α-hetero) is 1. The average Bonchev–Trinajstić information content (AvgIpc) is 2.53. The van der Waals surface area contributed by atoms with Crippen LogP contribution in [-0.4, -0.2) is 29.2 Å². The summed E-state index contributed by atoms with van der Waals surface area (Å²) in [7, 11) is 0. The fraction of sp³-hybridized carbons (Fsp3) is 0.125. The molecule has 4 nitrogen and oxygen atoms in total. The lowest BCUT2D eigenvalue weighted by Gasteiger charge is -2.07. The fourth-order valence-corrected chi connectivity index (χ4v) is 2.76. The van der Waals surface area contributed by atoms with Gasteiger partial charge in [-0.15, -0.1) is 11.8 Å². The molecule has 0 fully saturated rings. The Hall–Kier alpha value is -2.41. The highest BCUT2D eigenvalue weighted by Gasteiger charge is 2.13. The van der Waals surface area contributed by atoms with Crippen molar-refractivity contribution in [3.63, 3.8) is 0 Å². The predicted molar refractivity (Wildman–Crippen MR) is 81.5 cm³/mol. The van der Waals surface area contributed by atoms with E-state index in [0.717, 1.165) is 11.8 Å². The highest BCUT2D eigenvalue weighted by Crippen LogP contribution is 2.24. The molecule has 0 saturated heterocycles. The number of ketones is 1. The Morgan fingerprint density at radius 1 is 1.09 bits per heavy atom. The molecule has 2 rings (SSSR count). The highest BCUT2D eigenvalue weighted by molar-refractivity contribution is 8.00. The zero-order valence-corrected chi connectivity index (χ0v) is 12.6. The summed E-state index contributed by atoms with van der Waals surface area (Å²) in [5, 5.41) is 9.08. The van der Waals surface area contributed by atoms with Gasteiger partial charge in [0.15, 0.2) is 5.78 Å². The number of benzene rings is 2. The van der Waals surface area contributed by atoms with Crippen LogP contribution in [0, 0.1) is 0 Å². The summed E-state index contributed by atoms with van der Waals surface area (Å²) >= 11 is 1.11. The maximum Gasteiger partial charge on any atom is 0.387 e. The van der Waals surface area contributed by atoms with Gasteiger partial charge in [-0.3, -0.25) is 4.79 Å². The number of alkyl halides is 2. The highest BCUT2D eigenvalue weighted by atomic mass is 32.2. The Morgan fingerprint density at radius 2 is 1.74 bits per heavy atom. The van der Waals surface area contributed by atoms with E-state index in [1.807, 2.05) is 0 Å². The second kappa shape index (κ2) is 7.73. The van der Waals surface area contributed by atoms with Crippen molar-refractivity contribution in [2.24, 2.45) is 0 Å². The van der Waals surface area contributed by atoms with Gasteiger partial charge in [-0.25, -0.2) is 4.79 Å². The number of hydrogen-bond acceptors (Lipinski definition) is 4. The fourth-order valence-electron chi connectivity index (χ4n) is 1.82. The summed E-state index contributed by atoms with van der Waals surface area (Å²) in [5.74, 6) is -1.28. The second-order valence-electron chi connectivity index (χ2n) is 4.42. The van der Waals surface area contributed by atoms with Crippen molar-refractivity contribution in [2.45, 2.75) is 11.5 Å². The molecule has 2 aromatic carbocycles. The van der Waals surface area contributed by atoms with Crippen LogP contribution in [0.25, 0.3) is 0 Å². The number of carboxylic acids is 1. The minimum atomic E-state index is -2.92. The van der Waals surface area contributed by atoms with E-state index in [1.165, 1.54) is 30.3 Å². The minimum Gasteiger partial charge on any atom is -0.478 e. The molecule has 0 atom stereocenters. The summed E-state index contributed by atoms with van der Waals surface area (Å²) < 4.78 is 28.3. The maximum atomic E-state index is 12.1. The molecule has 0 aliphatic rings. The number of carboxylic acid groups (broad SMARTS) is 1. The zero-order valence-electron chi connectivity index (χ0n) is 11.7. The first kappa shape index (κ1) is 17.0. The van der Waals surface area contributed by atoms with Crippen molar-refractivity contribution in [3.05, 3.63) is 59.7 Å². The molecule has 0 aromatic heterocycles. The number of halogens is 2. The lowest BCUT2D eigenvalue weighted by Crippen LogP contribution is -2.05. The third-order valence-electron chi connectivity index (χ3n) is 2.88. The molecule has 0 spiro atoms. The Balaban J connectivity index is 2.01. The predicted octanol–water partition coefficient (Wildman–Crippen LogP) is 3.96. The molecule has 0 aliphatic carbocycles. The van der Waals surface area contributed by atoms with Crippen LogP contribution in [-0.2, 0) is 0 Å². The average molecular weight is 338 g/mol. The molecule has 1 N–H and O–H groups in total. The Labute approximate surface area is 135 Å². The molecule has 0 saturated carbocycles. The van der Waals surface area contributed by atoms with Crippen molar-refractivity contribution in [1.82, 2.24) is 0 Å². The van der Waals surface area contributed by atoms with Crippen molar-refractivity contribution >= 4 is 23.5 Å². The van der Waals surface area contributed by atoms with Crippen molar-refractivity contribution in [1.29, 1.82) is 0 Å². The van der Waals surface area contributed by atoms with Gasteiger partial charge < -0.3 is 9.84 Å². The molecule has 7 heteroatoms. The number of ether oxygens (including phenoxy) is 1. The van der Waals surface area contributed by atoms with Gasteiger partial charge in [0.25, 0.3) is 0 Å². The maximum absolute atomic E-state index is 12.1. The Morgan fingerprint density at radius 3 is 2.35 bits per heavy atom. The molecule has 120 valence electrons. The van der Waals surface area contributed by atoms with Crippen LogP contribution in [0.3, 0.4) is 0 Å². The minimum absolute atomic E-state index is 0.0274. The second-order valence-corrected chi connectivity index (χ2v) is 5.43. The molecule has 23 heavy (non-hydrogen) atoms. The Kier molecular flexibility index (Phi) is 5.70. The number of hydrogen-bond donors (Lipinski definition) is 1. The van der Waals surface area contributed by atoms with Crippen LogP contribution >= 0.6 is 11.8 Å². The number of thioether (sulfide) groups is 1. The van der Waals surface area contributed by atoms with Crippen LogP contribution in [0.15, 0.2) is 53.4 Å². The van der Waals surface area contributed by atoms with Gasteiger partial charge in [-0.05, 0) is 36.4 Å². The summed E-state index contributed by atoms with van der Waals surface area (Å²) in [5.41, 5.74) is 0.470. The third-order valence-corrected chi connectivity index (χ3v) is 3.95.